The zero-order chi connectivity index (χ0) is 18.5. The maximum atomic E-state index is 12.4. The van der Waals surface area contributed by atoms with Gasteiger partial charge in [0.25, 0.3) is 11.8 Å². The molecule has 0 atom stereocenters. The molecule has 1 aromatic heterocycles. The summed E-state index contributed by atoms with van der Waals surface area (Å²) in [6.07, 6.45) is 3.37. The molecule has 2 aromatic carbocycles. The predicted molar refractivity (Wildman–Crippen MR) is 104 cm³/mol. The molecule has 0 radical (unpaired) electrons. The van der Waals surface area contributed by atoms with Crippen LogP contribution in [0.4, 0.5) is 11.4 Å². The monoisotopic (exact) mass is 386 g/mol. The van der Waals surface area contributed by atoms with E-state index in [0.29, 0.717) is 22.0 Å². The topological polar surface area (TPSA) is 71.3 Å². The molecule has 0 unspecified atom stereocenters. The van der Waals surface area contributed by atoms with Crippen molar-refractivity contribution in [2.75, 3.05) is 16.9 Å². The third-order valence-electron chi connectivity index (χ3n) is 3.56. The first kappa shape index (κ1) is 18.1. The maximum absolute atomic E-state index is 12.4. The van der Waals surface area contributed by atoms with Crippen molar-refractivity contribution in [1.29, 1.82) is 0 Å². The SMILES string of the molecule is CSc1ccc(Cl)c(C(=O)Nc2ccc(NC(=O)c3ccco3)cc2)c1. The second kappa shape index (κ2) is 8.12. The largest absolute Gasteiger partial charge is 0.459 e. The third-order valence-corrected chi connectivity index (χ3v) is 4.62. The molecule has 2 N–H and O–H groups in total. The molecular formula is C19H15ClN2O3S. The van der Waals surface area contributed by atoms with E-state index in [9.17, 15) is 9.59 Å². The Hall–Kier alpha value is -2.70. The number of nitrogens with one attached hydrogen (secondary N) is 2. The molecule has 3 rings (SSSR count). The number of carbonyl (C=O) groups excluding carboxylic acids is 2. The number of carbonyl (C=O) groups is 2. The van der Waals surface area contributed by atoms with Gasteiger partial charge < -0.3 is 15.1 Å². The molecule has 26 heavy (non-hydrogen) atoms. The van der Waals surface area contributed by atoms with Gasteiger partial charge in [0, 0.05) is 16.3 Å². The lowest BCUT2D eigenvalue weighted by molar-refractivity contribution is 0.0994. The van der Waals surface area contributed by atoms with Gasteiger partial charge in [-0.15, -0.1) is 11.8 Å². The standard InChI is InChI=1S/C19H15ClN2O3S/c1-26-14-8-9-16(20)15(11-14)18(23)21-12-4-6-13(7-5-12)22-19(24)17-3-2-10-25-17/h2-11H,1H3,(H,21,23)(H,22,24). The number of rotatable bonds is 5. The Balaban J connectivity index is 1.67. The fourth-order valence-electron chi connectivity index (χ4n) is 2.24. The van der Waals surface area contributed by atoms with Crippen LogP contribution in [0, 0.1) is 0 Å². The van der Waals surface area contributed by atoms with Crippen molar-refractivity contribution in [3.8, 4) is 0 Å². The normalized spacial score (nSPS) is 10.4. The average Bonchev–Trinajstić information content (AvgIpc) is 3.18. The Morgan fingerprint density at radius 2 is 1.62 bits per heavy atom. The van der Waals surface area contributed by atoms with Crippen LogP contribution >= 0.6 is 23.4 Å². The van der Waals surface area contributed by atoms with Crippen molar-refractivity contribution >= 4 is 46.6 Å². The van der Waals surface area contributed by atoms with Gasteiger partial charge in [0.2, 0.25) is 0 Å². The maximum Gasteiger partial charge on any atom is 0.291 e. The first-order valence-corrected chi connectivity index (χ1v) is 9.27. The van der Waals surface area contributed by atoms with Crippen LogP contribution in [-0.2, 0) is 0 Å². The highest BCUT2D eigenvalue weighted by molar-refractivity contribution is 7.98. The smallest absolute Gasteiger partial charge is 0.291 e. The van der Waals surface area contributed by atoms with Gasteiger partial charge in [-0.1, -0.05) is 11.6 Å². The van der Waals surface area contributed by atoms with Gasteiger partial charge in [-0.25, -0.2) is 0 Å². The Bertz CT molecular complexity index is 924. The average molecular weight is 387 g/mol. The molecule has 7 heteroatoms. The highest BCUT2D eigenvalue weighted by Gasteiger charge is 2.12. The van der Waals surface area contributed by atoms with Crippen LogP contribution in [0.5, 0.6) is 0 Å². The summed E-state index contributed by atoms with van der Waals surface area (Å²) in [6, 6.07) is 15.3. The quantitative estimate of drug-likeness (QED) is 0.594. The summed E-state index contributed by atoms with van der Waals surface area (Å²) in [5, 5.41) is 5.90. The van der Waals surface area contributed by atoms with E-state index in [-0.39, 0.29) is 17.6 Å². The van der Waals surface area contributed by atoms with Crippen molar-refractivity contribution in [2.45, 2.75) is 4.90 Å². The molecule has 132 valence electrons. The van der Waals surface area contributed by atoms with Crippen molar-refractivity contribution in [3.63, 3.8) is 0 Å². The summed E-state index contributed by atoms with van der Waals surface area (Å²) in [5.41, 5.74) is 1.59. The van der Waals surface area contributed by atoms with E-state index in [2.05, 4.69) is 10.6 Å². The molecular weight excluding hydrogens is 372 g/mol. The molecule has 0 aliphatic carbocycles. The first-order chi connectivity index (χ1) is 12.6. The van der Waals surface area contributed by atoms with E-state index in [1.165, 1.54) is 18.0 Å². The summed E-state index contributed by atoms with van der Waals surface area (Å²) in [5.74, 6) is -0.406. The van der Waals surface area contributed by atoms with Crippen molar-refractivity contribution < 1.29 is 14.0 Å². The van der Waals surface area contributed by atoms with Gasteiger partial charge >= 0.3 is 0 Å². The Morgan fingerprint density at radius 3 is 2.19 bits per heavy atom. The zero-order valence-corrected chi connectivity index (χ0v) is 15.4. The summed E-state index contributed by atoms with van der Waals surface area (Å²) < 4.78 is 5.04. The van der Waals surface area contributed by atoms with Crippen molar-refractivity contribution in [2.24, 2.45) is 0 Å². The number of benzene rings is 2. The Labute approximate surface area is 159 Å². The molecule has 0 aliphatic heterocycles. The number of hydrogen-bond acceptors (Lipinski definition) is 4. The minimum Gasteiger partial charge on any atom is -0.459 e. The highest BCUT2D eigenvalue weighted by atomic mass is 35.5. The van der Waals surface area contributed by atoms with Gasteiger partial charge in [-0.3, -0.25) is 9.59 Å². The molecule has 0 fully saturated rings. The molecule has 0 spiro atoms. The van der Waals surface area contributed by atoms with Gasteiger partial charge in [-0.05, 0) is 60.9 Å². The van der Waals surface area contributed by atoms with Crippen LogP contribution < -0.4 is 10.6 Å². The summed E-state index contributed by atoms with van der Waals surface area (Å²) >= 11 is 7.65. The molecule has 0 bridgehead atoms. The van der Waals surface area contributed by atoms with Crippen LogP contribution in [0.2, 0.25) is 5.02 Å². The fourth-order valence-corrected chi connectivity index (χ4v) is 2.88. The van der Waals surface area contributed by atoms with E-state index in [1.807, 2.05) is 12.3 Å². The summed E-state index contributed by atoms with van der Waals surface area (Å²) in [7, 11) is 0. The molecule has 0 saturated carbocycles. The number of thioether (sulfide) groups is 1. The number of hydrogen-bond donors (Lipinski definition) is 2. The van der Waals surface area contributed by atoms with Crippen LogP contribution in [0.25, 0.3) is 0 Å². The second-order valence-corrected chi connectivity index (χ2v) is 6.60. The Morgan fingerprint density at radius 1 is 0.962 bits per heavy atom. The summed E-state index contributed by atoms with van der Waals surface area (Å²) in [4.78, 5) is 25.3. The minimum absolute atomic E-state index is 0.227. The summed E-state index contributed by atoms with van der Waals surface area (Å²) in [6.45, 7) is 0. The Kier molecular flexibility index (Phi) is 5.65. The lowest BCUT2D eigenvalue weighted by Gasteiger charge is -2.09. The van der Waals surface area contributed by atoms with E-state index >= 15 is 0 Å². The number of anilines is 2. The molecule has 1 heterocycles. The van der Waals surface area contributed by atoms with Crippen LogP contribution in [0.3, 0.4) is 0 Å². The van der Waals surface area contributed by atoms with Gasteiger partial charge in [0.05, 0.1) is 16.8 Å². The van der Waals surface area contributed by atoms with Gasteiger partial charge in [0.1, 0.15) is 0 Å². The van der Waals surface area contributed by atoms with Crippen LogP contribution in [-0.4, -0.2) is 18.1 Å². The predicted octanol–water partition coefficient (Wildman–Crippen LogP) is 5.16. The lowest BCUT2D eigenvalue weighted by Crippen LogP contribution is -2.13. The molecule has 5 nitrogen and oxygen atoms in total. The first-order valence-electron chi connectivity index (χ1n) is 7.66. The van der Waals surface area contributed by atoms with Gasteiger partial charge in [-0.2, -0.15) is 0 Å². The van der Waals surface area contributed by atoms with E-state index in [1.54, 1.807) is 48.5 Å². The highest BCUT2D eigenvalue weighted by Crippen LogP contribution is 2.24. The second-order valence-electron chi connectivity index (χ2n) is 5.31. The van der Waals surface area contributed by atoms with E-state index < -0.39 is 0 Å². The van der Waals surface area contributed by atoms with Crippen LogP contribution in [0.1, 0.15) is 20.9 Å². The van der Waals surface area contributed by atoms with Gasteiger partial charge in [0.15, 0.2) is 5.76 Å². The van der Waals surface area contributed by atoms with Crippen molar-refractivity contribution in [1.82, 2.24) is 0 Å². The number of furan rings is 1. The lowest BCUT2D eigenvalue weighted by atomic mass is 10.2. The van der Waals surface area contributed by atoms with Crippen molar-refractivity contribution in [3.05, 3.63) is 77.2 Å². The number of halogens is 1. The van der Waals surface area contributed by atoms with E-state index in [0.717, 1.165) is 4.90 Å². The molecule has 0 aliphatic rings. The third kappa shape index (κ3) is 4.28. The van der Waals surface area contributed by atoms with Crippen LogP contribution in [0.15, 0.2) is 70.2 Å². The zero-order valence-electron chi connectivity index (χ0n) is 13.8. The van der Waals surface area contributed by atoms with E-state index in [4.69, 9.17) is 16.0 Å². The fraction of sp³-hybridized carbons (Fsp3) is 0.0526. The molecule has 0 saturated heterocycles. The molecule has 2 amide bonds. The minimum atomic E-state index is -0.340. The number of amides is 2. The molecule has 3 aromatic rings.